The number of nitrogens with one attached hydrogen (secondary N) is 1. The van der Waals surface area contributed by atoms with E-state index in [0.717, 1.165) is 11.8 Å². The first-order valence-electron chi connectivity index (χ1n) is 8.13. The van der Waals surface area contributed by atoms with Gasteiger partial charge in [0, 0.05) is 11.6 Å². The summed E-state index contributed by atoms with van der Waals surface area (Å²) < 4.78 is 5.22. The summed E-state index contributed by atoms with van der Waals surface area (Å²) in [6.07, 6.45) is 1.55. The Morgan fingerprint density at radius 1 is 1.17 bits per heavy atom. The van der Waals surface area contributed by atoms with Crippen LogP contribution in [0.1, 0.15) is 15.9 Å². The van der Waals surface area contributed by atoms with Gasteiger partial charge in [-0.2, -0.15) is 0 Å². The summed E-state index contributed by atoms with van der Waals surface area (Å²) in [6.45, 7) is -0.512. The van der Waals surface area contributed by atoms with Crippen LogP contribution in [0.15, 0.2) is 52.4 Å². The maximum Gasteiger partial charge on any atom is 0.341 e. The highest BCUT2D eigenvalue weighted by molar-refractivity contribution is 8.18. The van der Waals surface area contributed by atoms with E-state index in [2.05, 4.69) is 10.3 Å². The van der Waals surface area contributed by atoms with Crippen molar-refractivity contribution in [1.29, 1.82) is 0 Å². The number of thioether (sulfide) groups is 1. The molecule has 10 heteroatoms. The number of para-hydroxylation sites is 1. The Hall–Kier alpha value is -3.79. The van der Waals surface area contributed by atoms with Crippen molar-refractivity contribution >= 4 is 46.5 Å². The molecule has 0 saturated carbocycles. The van der Waals surface area contributed by atoms with Gasteiger partial charge in [0.25, 0.3) is 5.91 Å². The van der Waals surface area contributed by atoms with E-state index < -0.39 is 30.2 Å². The number of carboxylic acids is 2. The van der Waals surface area contributed by atoms with E-state index in [-0.39, 0.29) is 16.4 Å². The number of aliphatic carboxylic acids is 1. The number of carboxylic acid groups (broad SMARTS) is 2. The molecule has 9 nitrogen and oxygen atoms in total. The molecule has 0 radical (unpaired) electrons. The van der Waals surface area contributed by atoms with Gasteiger partial charge in [-0.05, 0) is 36.0 Å². The number of rotatable bonds is 6. The van der Waals surface area contributed by atoms with Crippen LogP contribution >= 0.6 is 11.8 Å². The van der Waals surface area contributed by atoms with E-state index in [1.165, 1.54) is 18.2 Å². The number of ether oxygens (including phenoxy) is 1. The maximum absolute atomic E-state index is 12.2. The fourth-order valence-corrected chi connectivity index (χ4v) is 3.21. The second-order valence-electron chi connectivity index (χ2n) is 5.71. The zero-order valence-electron chi connectivity index (χ0n) is 14.7. The summed E-state index contributed by atoms with van der Waals surface area (Å²) in [7, 11) is 0. The van der Waals surface area contributed by atoms with Crippen LogP contribution in [-0.2, 0) is 9.59 Å². The normalized spacial score (nSPS) is 16.1. The Morgan fingerprint density at radius 3 is 2.62 bits per heavy atom. The van der Waals surface area contributed by atoms with Crippen molar-refractivity contribution in [1.82, 2.24) is 5.32 Å². The van der Waals surface area contributed by atoms with Gasteiger partial charge in [-0.15, -0.1) is 0 Å². The van der Waals surface area contributed by atoms with E-state index >= 15 is 0 Å². The lowest BCUT2D eigenvalue weighted by atomic mass is 10.2. The lowest BCUT2D eigenvalue weighted by Crippen LogP contribution is -2.19. The van der Waals surface area contributed by atoms with Crippen molar-refractivity contribution in [3.8, 4) is 11.5 Å². The summed E-state index contributed by atoms with van der Waals surface area (Å²) in [6, 6.07) is 10.5. The molecule has 0 bridgehead atoms. The summed E-state index contributed by atoms with van der Waals surface area (Å²) in [4.78, 5) is 38.4. The highest BCUT2D eigenvalue weighted by atomic mass is 32.2. The average molecular weight is 414 g/mol. The number of benzene rings is 2. The number of hydrogen-bond acceptors (Lipinski definition) is 7. The van der Waals surface area contributed by atoms with Crippen molar-refractivity contribution in [3.63, 3.8) is 0 Å². The van der Waals surface area contributed by atoms with Crippen molar-refractivity contribution in [2.24, 2.45) is 4.99 Å². The molecule has 1 amide bonds. The van der Waals surface area contributed by atoms with Crippen LogP contribution in [0.2, 0.25) is 0 Å². The Kier molecular flexibility index (Phi) is 5.84. The zero-order valence-corrected chi connectivity index (χ0v) is 15.5. The third kappa shape index (κ3) is 4.93. The number of nitrogens with zero attached hydrogens (tertiary/aromatic N) is 1. The third-order valence-corrected chi connectivity index (χ3v) is 4.56. The molecule has 3 rings (SSSR count). The van der Waals surface area contributed by atoms with E-state index in [4.69, 9.17) is 14.9 Å². The standard InChI is InChI=1S/C19H14N2O7S/c22-13-8-11(5-6-12(13)18(26)27)20-19-21-17(25)15(29-19)7-10-3-1-2-4-14(10)28-9-16(23)24/h1-8,22H,9H2,(H,23,24)(H,26,27)(H,20,21,25)/b15-7-. The second kappa shape index (κ2) is 8.48. The Balaban J connectivity index is 1.82. The molecule has 0 atom stereocenters. The van der Waals surface area contributed by atoms with Gasteiger partial charge < -0.3 is 25.4 Å². The van der Waals surface area contributed by atoms with Crippen LogP contribution in [0.5, 0.6) is 11.5 Å². The molecule has 0 spiro atoms. The van der Waals surface area contributed by atoms with Gasteiger partial charge in [0.1, 0.15) is 17.1 Å². The van der Waals surface area contributed by atoms with Gasteiger partial charge in [-0.25, -0.2) is 14.6 Å². The van der Waals surface area contributed by atoms with Gasteiger partial charge in [0.05, 0.1) is 10.6 Å². The van der Waals surface area contributed by atoms with E-state index in [9.17, 15) is 19.5 Å². The summed E-state index contributed by atoms with van der Waals surface area (Å²) in [5, 5.41) is 30.3. The molecule has 4 N–H and O–H groups in total. The SMILES string of the molecule is O=C(O)COc1ccccc1/C=C1\SC(=Nc2ccc(C(=O)O)c(O)c2)NC1=O. The number of aromatic carboxylic acids is 1. The molecular formula is C19H14N2O7S. The fourth-order valence-electron chi connectivity index (χ4n) is 2.38. The molecule has 1 fully saturated rings. The number of carbonyl (C=O) groups excluding carboxylic acids is 1. The topological polar surface area (TPSA) is 146 Å². The summed E-state index contributed by atoms with van der Waals surface area (Å²) in [5.41, 5.74) is 0.536. The van der Waals surface area contributed by atoms with Crippen LogP contribution in [-0.4, -0.2) is 44.9 Å². The lowest BCUT2D eigenvalue weighted by molar-refractivity contribution is -0.139. The number of hydrogen-bond donors (Lipinski definition) is 4. The molecular weight excluding hydrogens is 400 g/mol. The molecule has 1 saturated heterocycles. The highest BCUT2D eigenvalue weighted by Crippen LogP contribution is 2.31. The maximum atomic E-state index is 12.2. The minimum absolute atomic E-state index is 0.243. The molecule has 0 aromatic heterocycles. The van der Waals surface area contributed by atoms with Crippen molar-refractivity contribution < 1.29 is 34.4 Å². The second-order valence-corrected chi connectivity index (χ2v) is 6.74. The molecule has 29 heavy (non-hydrogen) atoms. The third-order valence-electron chi connectivity index (χ3n) is 3.65. The van der Waals surface area contributed by atoms with E-state index in [1.807, 2.05) is 0 Å². The summed E-state index contributed by atoms with van der Waals surface area (Å²) >= 11 is 1.04. The average Bonchev–Trinajstić information content (AvgIpc) is 2.99. The Morgan fingerprint density at radius 2 is 1.93 bits per heavy atom. The molecule has 0 unspecified atom stereocenters. The lowest BCUT2D eigenvalue weighted by Gasteiger charge is -2.06. The molecule has 1 aliphatic heterocycles. The number of aliphatic imine (C=N–C) groups is 1. The quantitative estimate of drug-likeness (QED) is 0.527. The van der Waals surface area contributed by atoms with Gasteiger partial charge in [-0.1, -0.05) is 18.2 Å². The van der Waals surface area contributed by atoms with Crippen molar-refractivity contribution in [2.45, 2.75) is 0 Å². The van der Waals surface area contributed by atoms with Crippen LogP contribution in [0.25, 0.3) is 6.08 Å². The van der Waals surface area contributed by atoms with Crippen LogP contribution < -0.4 is 10.1 Å². The predicted octanol–water partition coefficient (Wildman–Crippen LogP) is 2.45. The Bertz CT molecular complexity index is 1060. The smallest absolute Gasteiger partial charge is 0.341 e. The van der Waals surface area contributed by atoms with Gasteiger partial charge in [0.2, 0.25) is 0 Å². The molecule has 1 aliphatic rings. The molecule has 2 aromatic rings. The summed E-state index contributed by atoms with van der Waals surface area (Å²) in [5.74, 6) is -2.91. The van der Waals surface area contributed by atoms with Gasteiger partial charge in [0.15, 0.2) is 11.8 Å². The van der Waals surface area contributed by atoms with E-state index in [0.29, 0.717) is 16.2 Å². The first-order valence-corrected chi connectivity index (χ1v) is 8.94. The first kappa shape index (κ1) is 20.0. The van der Waals surface area contributed by atoms with Crippen LogP contribution in [0.3, 0.4) is 0 Å². The highest BCUT2D eigenvalue weighted by Gasteiger charge is 2.24. The van der Waals surface area contributed by atoms with Crippen LogP contribution in [0.4, 0.5) is 5.69 Å². The van der Waals surface area contributed by atoms with Crippen molar-refractivity contribution in [3.05, 3.63) is 58.5 Å². The minimum Gasteiger partial charge on any atom is -0.507 e. The van der Waals surface area contributed by atoms with E-state index in [1.54, 1.807) is 30.3 Å². The molecule has 2 aromatic carbocycles. The zero-order chi connectivity index (χ0) is 21.0. The van der Waals surface area contributed by atoms with Gasteiger partial charge in [-0.3, -0.25) is 4.79 Å². The number of carbonyl (C=O) groups is 3. The van der Waals surface area contributed by atoms with Crippen molar-refractivity contribution in [2.75, 3.05) is 6.61 Å². The van der Waals surface area contributed by atoms with Crippen LogP contribution in [0, 0.1) is 0 Å². The van der Waals surface area contributed by atoms with Gasteiger partial charge >= 0.3 is 11.9 Å². The predicted molar refractivity (Wildman–Crippen MR) is 105 cm³/mol. The monoisotopic (exact) mass is 414 g/mol. The molecule has 1 heterocycles. The molecule has 0 aliphatic carbocycles. The number of amides is 1. The minimum atomic E-state index is -1.26. The Labute approximate surface area is 168 Å². The fraction of sp³-hybridized carbons (Fsp3) is 0.0526. The number of aromatic hydroxyl groups is 1. The number of phenols is 1. The largest absolute Gasteiger partial charge is 0.507 e. The first-order chi connectivity index (χ1) is 13.8. The molecule has 148 valence electrons. The number of amidine groups is 1.